The molecule has 0 radical (unpaired) electrons. The lowest BCUT2D eigenvalue weighted by Gasteiger charge is -2.21. The topological polar surface area (TPSA) is 71.5 Å². The summed E-state index contributed by atoms with van der Waals surface area (Å²) in [6.45, 7) is 4.75. The maximum Gasteiger partial charge on any atom is 0.270 e. The van der Waals surface area contributed by atoms with Gasteiger partial charge in [-0.2, -0.15) is 0 Å². The van der Waals surface area contributed by atoms with Crippen LogP contribution in [-0.2, 0) is 0 Å². The van der Waals surface area contributed by atoms with E-state index in [0.717, 1.165) is 29.2 Å². The third-order valence-corrected chi connectivity index (χ3v) is 4.71. The van der Waals surface area contributed by atoms with Gasteiger partial charge < -0.3 is 15.2 Å². The van der Waals surface area contributed by atoms with Crippen molar-refractivity contribution in [2.75, 3.05) is 20.3 Å². The second-order valence-corrected chi connectivity index (χ2v) is 7.31. The van der Waals surface area contributed by atoms with Crippen molar-refractivity contribution in [1.29, 1.82) is 0 Å². The zero-order valence-electron chi connectivity index (χ0n) is 14.3. The van der Waals surface area contributed by atoms with E-state index in [-0.39, 0.29) is 17.9 Å². The summed E-state index contributed by atoms with van der Waals surface area (Å²) in [5.41, 5.74) is 1.30. The summed E-state index contributed by atoms with van der Waals surface area (Å²) in [5, 5.41) is 14.7. The minimum atomic E-state index is -0.159. The predicted octanol–water partition coefficient (Wildman–Crippen LogP) is 3.35. The Kier molecular flexibility index (Phi) is 6.34. The van der Waals surface area contributed by atoms with E-state index in [1.54, 1.807) is 12.5 Å². The van der Waals surface area contributed by atoms with Gasteiger partial charge in [0, 0.05) is 24.1 Å². The first-order chi connectivity index (χ1) is 11.4. The van der Waals surface area contributed by atoms with Gasteiger partial charge in [0.05, 0.1) is 7.11 Å². The van der Waals surface area contributed by atoms with Crippen LogP contribution in [0.5, 0.6) is 5.75 Å². The first kappa shape index (κ1) is 18.4. The number of aromatic nitrogens is 1. The lowest BCUT2D eigenvalue weighted by atomic mass is 9.89. The maximum absolute atomic E-state index is 12.1. The number of benzene rings is 1. The van der Waals surface area contributed by atoms with Crippen molar-refractivity contribution in [3.8, 4) is 16.3 Å². The van der Waals surface area contributed by atoms with Gasteiger partial charge in [0.1, 0.15) is 16.5 Å². The molecule has 0 aliphatic rings. The highest BCUT2D eigenvalue weighted by Crippen LogP contribution is 2.25. The molecular weight excluding hydrogens is 324 g/mol. The van der Waals surface area contributed by atoms with Crippen LogP contribution in [0.15, 0.2) is 29.6 Å². The average Bonchev–Trinajstić information content (AvgIpc) is 3.09. The number of carbonyl (C=O) groups is 1. The van der Waals surface area contributed by atoms with Gasteiger partial charge in [0.25, 0.3) is 5.91 Å². The van der Waals surface area contributed by atoms with Gasteiger partial charge in [-0.25, -0.2) is 4.98 Å². The fourth-order valence-electron chi connectivity index (χ4n) is 2.18. The number of methoxy groups -OCH3 is 1. The molecule has 0 spiro atoms. The molecule has 0 unspecified atom stereocenters. The van der Waals surface area contributed by atoms with Crippen molar-refractivity contribution in [2.24, 2.45) is 5.41 Å². The highest BCUT2D eigenvalue weighted by molar-refractivity contribution is 7.13. The first-order valence-electron chi connectivity index (χ1n) is 7.94. The Morgan fingerprint density at radius 3 is 2.67 bits per heavy atom. The number of aliphatic hydroxyl groups is 1. The zero-order chi connectivity index (χ0) is 17.6. The quantitative estimate of drug-likeness (QED) is 0.718. The molecule has 0 saturated heterocycles. The highest BCUT2D eigenvalue weighted by Gasteiger charge is 2.16. The van der Waals surface area contributed by atoms with Gasteiger partial charge in [0.15, 0.2) is 0 Å². The smallest absolute Gasteiger partial charge is 0.270 e. The summed E-state index contributed by atoms with van der Waals surface area (Å²) in [6, 6.07) is 7.60. The van der Waals surface area contributed by atoms with Crippen molar-refractivity contribution in [3.63, 3.8) is 0 Å². The molecule has 2 rings (SSSR count). The maximum atomic E-state index is 12.1. The van der Waals surface area contributed by atoms with Crippen molar-refractivity contribution in [2.45, 2.75) is 26.7 Å². The molecule has 6 heteroatoms. The van der Waals surface area contributed by atoms with E-state index >= 15 is 0 Å². The summed E-state index contributed by atoms with van der Waals surface area (Å²) in [5.74, 6) is 0.631. The Morgan fingerprint density at radius 1 is 1.33 bits per heavy atom. The standard InChI is InChI=1S/C18H24N2O3S/c1-18(2,12-21)9-4-10-19-16(22)15-11-24-17(20-15)13-5-7-14(23-3)8-6-13/h5-8,11,21H,4,9-10,12H2,1-3H3,(H,19,22). The molecule has 0 aliphatic carbocycles. The second kappa shape index (κ2) is 8.26. The van der Waals surface area contributed by atoms with Crippen molar-refractivity contribution in [3.05, 3.63) is 35.3 Å². The van der Waals surface area contributed by atoms with Gasteiger partial charge >= 0.3 is 0 Å². The average molecular weight is 348 g/mol. The molecule has 130 valence electrons. The van der Waals surface area contributed by atoms with E-state index in [4.69, 9.17) is 4.74 Å². The van der Waals surface area contributed by atoms with Gasteiger partial charge in [0.2, 0.25) is 0 Å². The molecular formula is C18H24N2O3S. The lowest BCUT2D eigenvalue weighted by Crippen LogP contribution is -2.26. The van der Waals surface area contributed by atoms with Crippen LogP contribution in [0, 0.1) is 5.41 Å². The molecule has 0 fully saturated rings. The molecule has 2 N–H and O–H groups in total. The summed E-state index contributed by atoms with van der Waals surface area (Å²) in [6.07, 6.45) is 1.69. The highest BCUT2D eigenvalue weighted by atomic mass is 32.1. The molecule has 24 heavy (non-hydrogen) atoms. The van der Waals surface area contributed by atoms with E-state index in [2.05, 4.69) is 10.3 Å². The Morgan fingerprint density at radius 2 is 2.04 bits per heavy atom. The number of nitrogens with zero attached hydrogens (tertiary/aromatic N) is 1. The molecule has 1 aromatic heterocycles. The van der Waals surface area contributed by atoms with E-state index in [1.807, 2.05) is 38.1 Å². The SMILES string of the molecule is COc1ccc(-c2nc(C(=O)NCCCC(C)(C)CO)cs2)cc1. The molecule has 1 aromatic carbocycles. The molecule has 1 heterocycles. The zero-order valence-corrected chi connectivity index (χ0v) is 15.2. The van der Waals surface area contributed by atoms with E-state index in [9.17, 15) is 9.90 Å². The van der Waals surface area contributed by atoms with Crippen LogP contribution in [0.25, 0.3) is 10.6 Å². The number of carbonyl (C=O) groups excluding carboxylic acids is 1. The van der Waals surface area contributed by atoms with E-state index in [0.29, 0.717) is 12.2 Å². The van der Waals surface area contributed by atoms with Gasteiger partial charge in [-0.15, -0.1) is 11.3 Å². The molecule has 0 aliphatic heterocycles. The van der Waals surface area contributed by atoms with Crippen LogP contribution < -0.4 is 10.1 Å². The van der Waals surface area contributed by atoms with E-state index < -0.39 is 0 Å². The predicted molar refractivity (Wildman–Crippen MR) is 96.5 cm³/mol. The van der Waals surface area contributed by atoms with Gasteiger partial charge in [-0.3, -0.25) is 4.79 Å². The third-order valence-electron chi connectivity index (χ3n) is 3.82. The minimum Gasteiger partial charge on any atom is -0.497 e. The Balaban J connectivity index is 1.88. The lowest BCUT2D eigenvalue weighted by molar-refractivity contribution is 0.0944. The number of thiazole rings is 1. The van der Waals surface area contributed by atoms with Crippen LogP contribution in [0.1, 0.15) is 37.2 Å². The van der Waals surface area contributed by atoms with Crippen LogP contribution in [0.3, 0.4) is 0 Å². The van der Waals surface area contributed by atoms with Gasteiger partial charge in [-0.1, -0.05) is 13.8 Å². The number of amides is 1. The second-order valence-electron chi connectivity index (χ2n) is 6.45. The summed E-state index contributed by atoms with van der Waals surface area (Å²) in [7, 11) is 1.63. The molecule has 2 aromatic rings. The van der Waals surface area contributed by atoms with Crippen LogP contribution in [-0.4, -0.2) is 36.3 Å². The number of hydrogen-bond donors (Lipinski definition) is 2. The van der Waals surface area contributed by atoms with Crippen LogP contribution in [0.4, 0.5) is 0 Å². The first-order valence-corrected chi connectivity index (χ1v) is 8.82. The summed E-state index contributed by atoms with van der Waals surface area (Å²) < 4.78 is 5.14. The number of hydrogen-bond acceptors (Lipinski definition) is 5. The van der Waals surface area contributed by atoms with Crippen molar-refractivity contribution >= 4 is 17.2 Å². The Bertz CT molecular complexity index is 665. The monoisotopic (exact) mass is 348 g/mol. The number of aliphatic hydroxyl groups excluding tert-OH is 1. The van der Waals surface area contributed by atoms with Gasteiger partial charge in [-0.05, 0) is 42.5 Å². The minimum absolute atomic E-state index is 0.104. The Labute approximate surface area is 146 Å². The van der Waals surface area contributed by atoms with Crippen LogP contribution >= 0.6 is 11.3 Å². The number of rotatable bonds is 8. The fraction of sp³-hybridized carbons (Fsp3) is 0.444. The molecule has 0 saturated carbocycles. The fourth-order valence-corrected chi connectivity index (χ4v) is 2.99. The number of ether oxygens (including phenoxy) is 1. The third kappa shape index (κ3) is 5.04. The number of nitrogens with one attached hydrogen (secondary N) is 1. The summed E-state index contributed by atoms with van der Waals surface area (Å²) >= 11 is 1.45. The molecule has 0 atom stereocenters. The van der Waals surface area contributed by atoms with Crippen LogP contribution in [0.2, 0.25) is 0 Å². The Hall–Kier alpha value is -1.92. The summed E-state index contributed by atoms with van der Waals surface area (Å²) in [4.78, 5) is 16.6. The van der Waals surface area contributed by atoms with E-state index in [1.165, 1.54) is 11.3 Å². The van der Waals surface area contributed by atoms with Crippen molar-refractivity contribution in [1.82, 2.24) is 10.3 Å². The molecule has 0 bridgehead atoms. The molecule has 1 amide bonds. The molecule has 5 nitrogen and oxygen atoms in total. The normalized spacial score (nSPS) is 11.3. The van der Waals surface area contributed by atoms with Crippen molar-refractivity contribution < 1.29 is 14.6 Å². The largest absolute Gasteiger partial charge is 0.497 e.